The molecule has 0 saturated carbocycles. The van der Waals surface area contributed by atoms with E-state index in [0.717, 1.165) is 12.0 Å². The van der Waals surface area contributed by atoms with E-state index in [1.54, 1.807) is 6.20 Å². The summed E-state index contributed by atoms with van der Waals surface area (Å²) in [4.78, 5) is 38.2. The Labute approximate surface area is 112 Å². The van der Waals surface area contributed by atoms with Crippen LogP contribution in [0, 0.1) is 6.92 Å². The number of aromatic nitrogens is 1. The Balaban J connectivity index is 2.56. The number of urea groups is 1. The molecule has 0 bridgehead atoms. The first-order valence-corrected chi connectivity index (χ1v) is 6.03. The maximum atomic E-state index is 11.5. The summed E-state index contributed by atoms with van der Waals surface area (Å²) in [5.74, 6) is -2.05. The molecule has 104 valence electrons. The van der Waals surface area contributed by atoms with Crippen molar-refractivity contribution in [2.24, 2.45) is 0 Å². The SMILES string of the molecule is COC(=O)C[C@H](NC(=O)Nc1ncc(C)s1)C(=O)O. The lowest BCUT2D eigenvalue weighted by Gasteiger charge is -2.13. The maximum absolute atomic E-state index is 11.5. The highest BCUT2D eigenvalue weighted by molar-refractivity contribution is 7.15. The van der Waals surface area contributed by atoms with E-state index < -0.39 is 30.4 Å². The van der Waals surface area contributed by atoms with E-state index in [2.05, 4.69) is 20.4 Å². The van der Waals surface area contributed by atoms with Gasteiger partial charge in [0.1, 0.15) is 6.04 Å². The molecule has 0 fully saturated rings. The topological polar surface area (TPSA) is 118 Å². The highest BCUT2D eigenvalue weighted by Gasteiger charge is 2.23. The predicted octanol–water partition coefficient (Wildman–Crippen LogP) is 0.589. The summed E-state index contributed by atoms with van der Waals surface area (Å²) in [5, 5.41) is 13.8. The molecule has 0 saturated heterocycles. The molecular weight excluding hydrogens is 274 g/mol. The number of thiazole rings is 1. The number of aryl methyl sites for hydroxylation is 1. The number of esters is 1. The van der Waals surface area contributed by atoms with Gasteiger partial charge in [0, 0.05) is 11.1 Å². The molecule has 1 aromatic heterocycles. The zero-order chi connectivity index (χ0) is 14.4. The number of carboxylic acids is 1. The number of methoxy groups -OCH3 is 1. The average molecular weight is 287 g/mol. The molecule has 3 N–H and O–H groups in total. The van der Waals surface area contributed by atoms with Crippen LogP contribution in [0.15, 0.2) is 6.20 Å². The second kappa shape index (κ2) is 6.69. The Morgan fingerprint density at radius 1 is 1.53 bits per heavy atom. The molecule has 9 heteroatoms. The van der Waals surface area contributed by atoms with E-state index in [9.17, 15) is 14.4 Å². The number of amides is 2. The monoisotopic (exact) mass is 287 g/mol. The number of rotatable bonds is 5. The second-order valence-corrected chi connectivity index (χ2v) is 4.78. The predicted molar refractivity (Wildman–Crippen MR) is 67.1 cm³/mol. The lowest BCUT2D eigenvalue weighted by Crippen LogP contribution is -2.44. The van der Waals surface area contributed by atoms with E-state index in [4.69, 9.17) is 5.11 Å². The van der Waals surface area contributed by atoms with Gasteiger partial charge in [-0.2, -0.15) is 0 Å². The van der Waals surface area contributed by atoms with Crippen molar-refractivity contribution in [3.63, 3.8) is 0 Å². The zero-order valence-electron chi connectivity index (χ0n) is 10.3. The summed E-state index contributed by atoms with van der Waals surface area (Å²) in [6, 6.07) is -2.10. The van der Waals surface area contributed by atoms with Crippen molar-refractivity contribution in [1.82, 2.24) is 10.3 Å². The highest BCUT2D eigenvalue weighted by atomic mass is 32.1. The number of nitrogens with zero attached hydrogens (tertiary/aromatic N) is 1. The molecule has 1 heterocycles. The Hall–Kier alpha value is -2.16. The number of ether oxygens (including phenoxy) is 1. The lowest BCUT2D eigenvalue weighted by molar-refractivity contribution is -0.147. The minimum Gasteiger partial charge on any atom is -0.480 e. The second-order valence-electron chi connectivity index (χ2n) is 3.55. The standard InChI is InChI=1S/C10H13N3O5S/c1-5-4-11-10(19-5)13-9(17)12-6(8(15)16)3-7(14)18-2/h4,6H,3H2,1-2H3,(H,15,16)(H2,11,12,13,17)/t6-/m0/s1. The van der Waals surface area contributed by atoms with Crippen molar-refractivity contribution >= 4 is 34.4 Å². The van der Waals surface area contributed by atoms with Gasteiger partial charge >= 0.3 is 18.0 Å². The molecule has 1 atom stereocenters. The summed E-state index contributed by atoms with van der Waals surface area (Å²) < 4.78 is 4.35. The van der Waals surface area contributed by atoms with Crippen LogP contribution < -0.4 is 10.6 Å². The number of carbonyl (C=O) groups excluding carboxylic acids is 2. The van der Waals surface area contributed by atoms with Crippen molar-refractivity contribution in [3.8, 4) is 0 Å². The van der Waals surface area contributed by atoms with Crippen LogP contribution in [0.1, 0.15) is 11.3 Å². The number of nitrogens with one attached hydrogen (secondary N) is 2. The number of aliphatic carboxylic acids is 1. The average Bonchev–Trinajstić information content (AvgIpc) is 2.73. The van der Waals surface area contributed by atoms with Crippen molar-refractivity contribution in [2.45, 2.75) is 19.4 Å². The Bertz CT molecular complexity index is 487. The van der Waals surface area contributed by atoms with Crippen LogP contribution in [0.5, 0.6) is 0 Å². The van der Waals surface area contributed by atoms with Gasteiger partial charge in [-0.3, -0.25) is 10.1 Å². The molecule has 0 aromatic carbocycles. The molecule has 1 aromatic rings. The molecule has 0 radical (unpaired) electrons. The number of carbonyl (C=O) groups is 3. The molecule has 1 rings (SSSR count). The van der Waals surface area contributed by atoms with Crippen LogP contribution >= 0.6 is 11.3 Å². The first kappa shape index (κ1) is 14.9. The van der Waals surface area contributed by atoms with Gasteiger partial charge < -0.3 is 15.2 Å². The van der Waals surface area contributed by atoms with Gasteiger partial charge in [0.25, 0.3) is 0 Å². The number of hydrogen-bond donors (Lipinski definition) is 3. The van der Waals surface area contributed by atoms with E-state index in [0.29, 0.717) is 5.13 Å². The molecule has 0 aliphatic heterocycles. The van der Waals surface area contributed by atoms with Gasteiger partial charge in [-0.05, 0) is 6.92 Å². The third kappa shape index (κ3) is 4.92. The summed E-state index contributed by atoms with van der Waals surface area (Å²) in [6.07, 6.45) is 1.12. The zero-order valence-corrected chi connectivity index (χ0v) is 11.1. The molecule has 0 aliphatic rings. The van der Waals surface area contributed by atoms with Crippen LogP contribution in [-0.4, -0.2) is 41.2 Å². The van der Waals surface area contributed by atoms with E-state index in [1.165, 1.54) is 11.3 Å². The van der Waals surface area contributed by atoms with Gasteiger partial charge in [0.2, 0.25) is 0 Å². The first-order chi connectivity index (χ1) is 8.92. The molecule has 8 nitrogen and oxygen atoms in total. The van der Waals surface area contributed by atoms with Crippen LogP contribution in [0.25, 0.3) is 0 Å². The Morgan fingerprint density at radius 2 is 2.21 bits per heavy atom. The van der Waals surface area contributed by atoms with Crippen LogP contribution in [0.2, 0.25) is 0 Å². The normalized spacial score (nSPS) is 11.5. The summed E-state index contributed by atoms with van der Waals surface area (Å²) >= 11 is 1.25. The molecule has 2 amide bonds. The summed E-state index contributed by atoms with van der Waals surface area (Å²) in [7, 11) is 1.14. The van der Waals surface area contributed by atoms with E-state index in [-0.39, 0.29) is 0 Å². The van der Waals surface area contributed by atoms with Gasteiger partial charge in [-0.25, -0.2) is 14.6 Å². The fourth-order valence-corrected chi connectivity index (χ4v) is 1.81. The van der Waals surface area contributed by atoms with Crippen LogP contribution in [0.4, 0.5) is 9.93 Å². The smallest absolute Gasteiger partial charge is 0.326 e. The third-order valence-electron chi connectivity index (χ3n) is 2.04. The van der Waals surface area contributed by atoms with Gasteiger partial charge in [0.05, 0.1) is 13.5 Å². The number of hydrogen-bond acceptors (Lipinski definition) is 6. The van der Waals surface area contributed by atoms with Gasteiger partial charge in [0.15, 0.2) is 5.13 Å². The molecule has 0 aliphatic carbocycles. The largest absolute Gasteiger partial charge is 0.480 e. The Kier molecular flexibility index (Phi) is 5.24. The molecule has 19 heavy (non-hydrogen) atoms. The van der Waals surface area contributed by atoms with Crippen LogP contribution in [-0.2, 0) is 14.3 Å². The quantitative estimate of drug-likeness (QED) is 0.682. The minimum atomic E-state index is -1.35. The first-order valence-electron chi connectivity index (χ1n) is 5.22. The molecular formula is C10H13N3O5S. The summed E-state index contributed by atoms with van der Waals surface area (Å²) in [6.45, 7) is 1.82. The fourth-order valence-electron chi connectivity index (χ4n) is 1.15. The third-order valence-corrected chi connectivity index (χ3v) is 2.87. The van der Waals surface area contributed by atoms with Gasteiger partial charge in [-0.15, -0.1) is 11.3 Å². The highest BCUT2D eigenvalue weighted by Crippen LogP contribution is 2.16. The molecule has 0 unspecified atom stereocenters. The summed E-state index contributed by atoms with van der Waals surface area (Å²) in [5.41, 5.74) is 0. The Morgan fingerprint density at radius 3 is 2.68 bits per heavy atom. The lowest BCUT2D eigenvalue weighted by atomic mass is 10.2. The van der Waals surface area contributed by atoms with Crippen molar-refractivity contribution in [3.05, 3.63) is 11.1 Å². The van der Waals surface area contributed by atoms with Gasteiger partial charge in [-0.1, -0.05) is 0 Å². The number of carboxylic acid groups (broad SMARTS) is 1. The van der Waals surface area contributed by atoms with E-state index in [1.807, 2.05) is 6.92 Å². The van der Waals surface area contributed by atoms with E-state index >= 15 is 0 Å². The number of anilines is 1. The molecule has 0 spiro atoms. The maximum Gasteiger partial charge on any atom is 0.326 e. The van der Waals surface area contributed by atoms with Crippen molar-refractivity contribution in [1.29, 1.82) is 0 Å². The van der Waals surface area contributed by atoms with Crippen molar-refractivity contribution < 1.29 is 24.2 Å². The minimum absolute atomic E-state index is 0.345. The fraction of sp³-hybridized carbons (Fsp3) is 0.400. The van der Waals surface area contributed by atoms with Crippen LogP contribution in [0.3, 0.4) is 0 Å². The van der Waals surface area contributed by atoms with Crippen molar-refractivity contribution in [2.75, 3.05) is 12.4 Å².